The third-order valence-electron chi connectivity index (χ3n) is 4.77. The Morgan fingerprint density at radius 2 is 2.00 bits per heavy atom. The summed E-state index contributed by atoms with van der Waals surface area (Å²) in [6.07, 6.45) is 1.51. The number of nitrogens with one attached hydrogen (secondary N) is 1. The fourth-order valence-corrected chi connectivity index (χ4v) is 3.50. The highest BCUT2D eigenvalue weighted by Crippen LogP contribution is 2.27. The molecule has 0 aliphatic carbocycles. The Labute approximate surface area is 186 Å². The Kier molecular flexibility index (Phi) is 7.01. The van der Waals surface area contributed by atoms with Gasteiger partial charge in [0.05, 0.1) is 13.7 Å². The number of rotatable bonds is 8. The maximum atomic E-state index is 13.4. The number of unbranched alkanes of at least 4 members (excludes halogenated alkanes) is 1. The van der Waals surface area contributed by atoms with Crippen LogP contribution in [0.3, 0.4) is 0 Å². The summed E-state index contributed by atoms with van der Waals surface area (Å²) in [5, 5.41) is 0. The number of carbonyl (C=O) groups is 1. The number of anilines is 2. The summed E-state index contributed by atoms with van der Waals surface area (Å²) in [5.74, 6) is -0.132. The first-order valence-corrected chi connectivity index (χ1v) is 10.5. The molecule has 3 rings (SSSR count). The molecule has 1 aromatic carbocycles. The second kappa shape index (κ2) is 9.69. The molecule has 2 aromatic heterocycles. The normalized spacial score (nSPS) is 10.8. The lowest BCUT2D eigenvalue weighted by Crippen LogP contribution is -2.41. The van der Waals surface area contributed by atoms with Crippen molar-refractivity contribution in [3.05, 3.63) is 73.2 Å². The zero-order valence-electron chi connectivity index (χ0n) is 17.2. The van der Waals surface area contributed by atoms with Crippen molar-refractivity contribution in [3.63, 3.8) is 0 Å². The maximum absolute atomic E-state index is 13.4. The van der Waals surface area contributed by atoms with Crippen LogP contribution in [0.15, 0.2) is 55.1 Å². The first-order valence-electron chi connectivity index (χ1n) is 9.69. The van der Waals surface area contributed by atoms with E-state index < -0.39 is 17.2 Å². The van der Waals surface area contributed by atoms with E-state index in [4.69, 9.17) is 14.9 Å². The number of aromatic nitrogens is 2. The fraction of sp³-hybridized carbons (Fsp3) is 0.286. The average molecular weight is 491 g/mol. The summed E-state index contributed by atoms with van der Waals surface area (Å²) in [7, 11) is 1.51. The summed E-state index contributed by atoms with van der Waals surface area (Å²) in [5.41, 5.74) is 5.39. The zero-order valence-corrected chi connectivity index (χ0v) is 18.8. The molecule has 9 nitrogen and oxygen atoms in total. The third-order valence-corrected chi connectivity index (χ3v) is 5.20. The molecule has 0 atom stereocenters. The van der Waals surface area contributed by atoms with Gasteiger partial charge in [-0.1, -0.05) is 31.5 Å². The van der Waals surface area contributed by atoms with Crippen LogP contribution in [0.2, 0.25) is 0 Å². The second-order valence-electron chi connectivity index (χ2n) is 6.81. The maximum Gasteiger partial charge on any atom is 0.330 e. The molecule has 3 N–H and O–H groups in total. The summed E-state index contributed by atoms with van der Waals surface area (Å²) in [6, 6.07) is 10.2. The lowest BCUT2D eigenvalue weighted by atomic mass is 10.1. The van der Waals surface area contributed by atoms with E-state index in [2.05, 4.69) is 20.9 Å². The molecular formula is C21H23BrN4O5. The van der Waals surface area contributed by atoms with Crippen LogP contribution in [-0.2, 0) is 13.1 Å². The van der Waals surface area contributed by atoms with Crippen LogP contribution in [0.25, 0.3) is 0 Å². The van der Waals surface area contributed by atoms with Crippen molar-refractivity contribution in [2.24, 2.45) is 0 Å². The van der Waals surface area contributed by atoms with Crippen LogP contribution >= 0.6 is 15.9 Å². The van der Waals surface area contributed by atoms with Gasteiger partial charge in [0.1, 0.15) is 11.6 Å². The summed E-state index contributed by atoms with van der Waals surface area (Å²) >= 11 is 3.18. The van der Waals surface area contributed by atoms with Crippen LogP contribution in [0.5, 0.6) is 5.75 Å². The second-order valence-corrected chi connectivity index (χ2v) is 7.59. The first kappa shape index (κ1) is 22.4. The molecule has 10 heteroatoms. The number of benzene rings is 1. The number of carbonyl (C=O) groups excluding carboxylic acids is 1. The molecule has 0 bridgehead atoms. The van der Waals surface area contributed by atoms with Crippen molar-refractivity contribution >= 4 is 33.3 Å². The molecule has 0 radical (unpaired) electrons. The van der Waals surface area contributed by atoms with Crippen molar-refractivity contribution in [3.8, 4) is 5.75 Å². The summed E-state index contributed by atoms with van der Waals surface area (Å²) < 4.78 is 12.4. The Morgan fingerprint density at radius 3 is 2.65 bits per heavy atom. The summed E-state index contributed by atoms with van der Waals surface area (Å²) in [4.78, 5) is 41.9. The van der Waals surface area contributed by atoms with E-state index in [1.165, 1.54) is 22.6 Å². The topological polar surface area (TPSA) is 124 Å². The van der Waals surface area contributed by atoms with E-state index >= 15 is 0 Å². The number of nitrogen functional groups attached to an aromatic ring is 1. The number of methoxy groups -OCH3 is 1. The zero-order chi connectivity index (χ0) is 22.5. The largest absolute Gasteiger partial charge is 0.496 e. The Morgan fingerprint density at radius 1 is 1.26 bits per heavy atom. The number of aromatic amines is 1. The summed E-state index contributed by atoms with van der Waals surface area (Å²) in [6.45, 7) is 2.26. The van der Waals surface area contributed by atoms with Gasteiger partial charge in [-0.05, 0) is 40.5 Å². The van der Waals surface area contributed by atoms with E-state index in [0.717, 1.165) is 6.42 Å². The van der Waals surface area contributed by atoms with Gasteiger partial charge in [-0.25, -0.2) is 4.79 Å². The smallest absolute Gasteiger partial charge is 0.330 e. The van der Waals surface area contributed by atoms with Crippen LogP contribution in [0.1, 0.15) is 35.9 Å². The van der Waals surface area contributed by atoms with Gasteiger partial charge in [0.2, 0.25) is 0 Å². The minimum absolute atomic E-state index is 0.00637. The van der Waals surface area contributed by atoms with E-state index in [-0.39, 0.29) is 23.8 Å². The van der Waals surface area contributed by atoms with Gasteiger partial charge >= 0.3 is 5.69 Å². The van der Waals surface area contributed by atoms with Crippen LogP contribution in [0, 0.1) is 0 Å². The minimum atomic E-state index is -0.760. The predicted octanol–water partition coefficient (Wildman–Crippen LogP) is 3.13. The number of ether oxygens (including phenoxy) is 1. The number of amides is 1. The number of nitrogens with zero attached hydrogens (tertiary/aromatic N) is 2. The molecule has 0 aliphatic rings. The number of halogens is 1. The van der Waals surface area contributed by atoms with Gasteiger partial charge in [0.15, 0.2) is 16.1 Å². The molecule has 0 saturated carbocycles. The lowest BCUT2D eigenvalue weighted by Gasteiger charge is -2.24. The number of hydrogen-bond donors (Lipinski definition) is 2. The highest BCUT2D eigenvalue weighted by atomic mass is 79.9. The van der Waals surface area contributed by atoms with Gasteiger partial charge in [-0.15, -0.1) is 0 Å². The highest BCUT2D eigenvalue weighted by Gasteiger charge is 2.28. The molecule has 1 amide bonds. The van der Waals surface area contributed by atoms with Crippen LogP contribution < -0.4 is 26.6 Å². The molecule has 0 aliphatic heterocycles. The van der Waals surface area contributed by atoms with Gasteiger partial charge in [-0.3, -0.25) is 24.0 Å². The predicted molar refractivity (Wildman–Crippen MR) is 121 cm³/mol. The van der Waals surface area contributed by atoms with Gasteiger partial charge in [0, 0.05) is 12.1 Å². The molecule has 0 fully saturated rings. The third kappa shape index (κ3) is 4.74. The molecule has 0 saturated heterocycles. The highest BCUT2D eigenvalue weighted by molar-refractivity contribution is 9.10. The molecular weight excluding hydrogens is 468 g/mol. The quantitative estimate of drug-likeness (QED) is 0.499. The van der Waals surface area contributed by atoms with Crippen molar-refractivity contribution < 1.29 is 13.9 Å². The van der Waals surface area contributed by atoms with Gasteiger partial charge in [0.25, 0.3) is 11.5 Å². The van der Waals surface area contributed by atoms with Crippen LogP contribution in [0.4, 0.5) is 11.5 Å². The van der Waals surface area contributed by atoms with Crippen molar-refractivity contribution in [2.75, 3.05) is 17.7 Å². The van der Waals surface area contributed by atoms with E-state index in [1.54, 1.807) is 30.3 Å². The Balaban J connectivity index is 2.17. The van der Waals surface area contributed by atoms with Gasteiger partial charge < -0.3 is 14.9 Å². The van der Waals surface area contributed by atoms with E-state index in [9.17, 15) is 14.4 Å². The number of para-hydroxylation sites is 1. The van der Waals surface area contributed by atoms with Gasteiger partial charge in [-0.2, -0.15) is 0 Å². The standard InChI is InChI=1S/C21H23BrN4O5/c1-3-4-11-25-18(23)17(19(27)24-21(25)29)26(20(28)15-9-10-16(22)31-15)12-13-7-5-6-8-14(13)30-2/h5-10H,3-4,11-12,23H2,1-2H3,(H,24,27,29). The fourth-order valence-electron chi connectivity index (χ4n) is 3.20. The SMILES string of the molecule is CCCCn1c(N)c(N(Cc2ccccc2OC)C(=O)c2ccc(Br)o2)c(=O)[nH]c1=O. The molecule has 0 unspecified atom stereocenters. The van der Waals surface area contributed by atoms with E-state index in [1.807, 2.05) is 6.92 Å². The number of furan rings is 1. The molecule has 31 heavy (non-hydrogen) atoms. The number of hydrogen-bond acceptors (Lipinski definition) is 6. The first-order chi connectivity index (χ1) is 14.9. The average Bonchev–Trinajstić information content (AvgIpc) is 3.18. The number of H-pyrrole nitrogens is 1. The minimum Gasteiger partial charge on any atom is -0.496 e. The van der Waals surface area contributed by atoms with Crippen LogP contribution in [-0.4, -0.2) is 22.6 Å². The molecule has 2 heterocycles. The molecule has 164 valence electrons. The van der Waals surface area contributed by atoms with Crippen molar-refractivity contribution in [2.45, 2.75) is 32.9 Å². The molecule has 3 aromatic rings. The molecule has 0 spiro atoms. The van der Waals surface area contributed by atoms with E-state index in [0.29, 0.717) is 28.9 Å². The Bertz CT molecular complexity index is 1200. The Hall–Kier alpha value is -3.27. The number of nitrogens with two attached hydrogens (primary N) is 1. The lowest BCUT2D eigenvalue weighted by molar-refractivity contribution is 0.0956. The van der Waals surface area contributed by atoms with Crippen molar-refractivity contribution in [1.82, 2.24) is 9.55 Å². The monoisotopic (exact) mass is 490 g/mol. The van der Waals surface area contributed by atoms with Crippen molar-refractivity contribution in [1.29, 1.82) is 0 Å².